The number of ether oxygens (including phenoxy) is 3. The Morgan fingerprint density at radius 1 is 0.796 bits per heavy atom. The summed E-state index contributed by atoms with van der Waals surface area (Å²) in [4.78, 5) is 32.5. The Balaban J connectivity index is 0.000000694. The summed E-state index contributed by atoms with van der Waals surface area (Å²) < 4.78 is 34.1. The van der Waals surface area contributed by atoms with Gasteiger partial charge in [0.15, 0.2) is 12.1 Å². The van der Waals surface area contributed by atoms with Crippen LogP contribution >= 0.6 is 39.2 Å². The van der Waals surface area contributed by atoms with Crippen molar-refractivity contribution in [2.75, 3.05) is 39.3 Å². The topological polar surface area (TPSA) is 105 Å². The number of hydrogen-bond donors (Lipinski definition) is 0. The molecular formula is C32H41Br2O8PS11. The van der Waals surface area contributed by atoms with Crippen molar-refractivity contribution in [1.29, 1.82) is 0 Å². The maximum Gasteiger partial charge on any atom is 0.315 e. The number of carbonyl (C=O) groups excluding carboxylic acids is 3. The maximum atomic E-state index is 11.4. The largest absolute Gasteiger partial charge is 0.493 e. The molecule has 2 fully saturated rings. The predicted molar refractivity (Wildman–Crippen MR) is 257 cm³/mol. The third-order valence-electron chi connectivity index (χ3n) is 6.17. The summed E-state index contributed by atoms with van der Waals surface area (Å²) in [5.41, 5.74) is 1.55. The Labute approximate surface area is 375 Å². The summed E-state index contributed by atoms with van der Waals surface area (Å²) in [6.45, 7) is 8.61. The molecule has 0 spiro atoms. The van der Waals surface area contributed by atoms with Crippen molar-refractivity contribution in [1.82, 2.24) is 0 Å². The molecule has 0 radical (unpaired) electrons. The molecule has 0 bridgehead atoms. The molecule has 0 aromatic heterocycles. The highest BCUT2D eigenvalue weighted by Gasteiger charge is 2.23. The van der Waals surface area contributed by atoms with Crippen LogP contribution in [0.1, 0.15) is 62.4 Å². The number of ketones is 1. The molecule has 22 heteroatoms. The second-order valence-corrected chi connectivity index (χ2v) is 27.6. The highest BCUT2D eigenvalue weighted by molar-refractivity contribution is 9.10. The van der Waals surface area contributed by atoms with Gasteiger partial charge in [-0.15, -0.1) is 0 Å². The van der Waals surface area contributed by atoms with Gasteiger partial charge in [-0.3, -0.25) is 18.9 Å². The number of hydrogen-bond acceptors (Lipinski definition) is 12. The number of allylic oxidation sites excluding steroid dienone is 1. The van der Waals surface area contributed by atoms with Crippen molar-refractivity contribution in [2.45, 2.75) is 46.5 Å². The molecule has 2 aliphatic carbocycles. The van der Waals surface area contributed by atoms with Crippen LogP contribution in [-0.2, 0) is 130 Å². The van der Waals surface area contributed by atoms with E-state index in [2.05, 4.69) is 81.3 Å². The first-order valence-electron chi connectivity index (χ1n) is 15.8. The van der Waals surface area contributed by atoms with E-state index in [1.165, 1.54) is 94.5 Å². The molecule has 2 aromatic carbocycles. The van der Waals surface area contributed by atoms with Gasteiger partial charge in [0.1, 0.15) is 17.7 Å². The summed E-state index contributed by atoms with van der Waals surface area (Å²) in [6.07, 6.45) is 9.12. The van der Waals surface area contributed by atoms with E-state index in [9.17, 15) is 18.9 Å². The Kier molecular flexibility index (Phi) is 34.2. The van der Waals surface area contributed by atoms with Gasteiger partial charge in [-0.25, -0.2) is 0 Å². The molecule has 1 unspecified atom stereocenters. The summed E-state index contributed by atoms with van der Waals surface area (Å²) in [5.74, 6) is 2.55. The molecule has 1 atom stereocenters. The van der Waals surface area contributed by atoms with Gasteiger partial charge in [-0.1, -0.05) is 31.9 Å². The zero-order valence-electron chi connectivity index (χ0n) is 29.7. The predicted octanol–water partition coefficient (Wildman–Crippen LogP) is 8.36. The van der Waals surface area contributed by atoms with Crippen LogP contribution in [0.2, 0.25) is 0 Å². The molecule has 302 valence electrons. The fourth-order valence-corrected chi connectivity index (χ4v) is 13.7. The first kappa shape index (κ1) is 54.2. The second kappa shape index (κ2) is 34.1. The lowest BCUT2D eigenvalue weighted by atomic mass is 10.1. The van der Waals surface area contributed by atoms with Crippen molar-refractivity contribution >= 4 is 170 Å². The van der Waals surface area contributed by atoms with E-state index >= 15 is 0 Å². The average Bonchev–Trinajstić information content (AvgIpc) is 4.07. The SMILES string of the molecule is CC(=O)/C=C/c1cc(Br)ccc1OCC1CC1.CCOC(=O)CP(C)(=O)OCC.O=Cc1cc(Br)ccc1OCC1CC1.S=S=S=S=S.S=S=S=S=S=S. The fraction of sp³-hybridized carbons (Fsp3) is 0.469. The number of rotatable bonds is 14. The summed E-state index contributed by atoms with van der Waals surface area (Å²) in [6, 6.07) is 11.3. The highest BCUT2D eigenvalue weighted by atomic mass is 79.9. The van der Waals surface area contributed by atoms with Gasteiger partial charge in [0.2, 0.25) is 7.37 Å². The van der Waals surface area contributed by atoms with Crippen LogP contribution in [0.5, 0.6) is 11.5 Å². The van der Waals surface area contributed by atoms with Gasteiger partial charge >= 0.3 is 5.97 Å². The van der Waals surface area contributed by atoms with Crippen molar-refractivity contribution < 1.29 is 37.7 Å². The van der Waals surface area contributed by atoms with Gasteiger partial charge in [-0.2, -0.15) is 0 Å². The number of carbonyl (C=O) groups is 3. The van der Waals surface area contributed by atoms with Crippen LogP contribution in [-0.4, -0.2) is 57.3 Å². The third-order valence-corrected chi connectivity index (χ3v) is 19.9. The highest BCUT2D eigenvalue weighted by Crippen LogP contribution is 2.42. The number of aldehydes is 1. The molecule has 0 aliphatic heterocycles. The molecule has 0 saturated heterocycles. The minimum atomic E-state index is -2.75. The molecule has 2 aliphatic rings. The molecule has 0 N–H and O–H groups in total. The van der Waals surface area contributed by atoms with Crippen molar-refractivity contribution in [3.05, 3.63) is 62.5 Å². The van der Waals surface area contributed by atoms with E-state index in [0.29, 0.717) is 30.4 Å². The monoisotopic (exact) mass is 1090 g/mol. The molecular weight excluding hydrogens is 1060 g/mol. The zero-order valence-corrected chi connectivity index (χ0v) is 42.7. The van der Waals surface area contributed by atoms with Crippen LogP contribution in [0.25, 0.3) is 6.08 Å². The van der Waals surface area contributed by atoms with Crippen LogP contribution in [0.15, 0.2) is 51.4 Å². The quantitative estimate of drug-likeness (QED) is 0.0787. The first-order valence-corrected chi connectivity index (χ1v) is 31.7. The lowest BCUT2D eigenvalue weighted by Gasteiger charge is -2.10. The molecule has 0 heterocycles. The molecule has 0 amide bonds. The second-order valence-electron chi connectivity index (χ2n) is 10.8. The first-order chi connectivity index (χ1) is 25.8. The number of halogens is 2. The maximum absolute atomic E-state index is 11.4. The van der Waals surface area contributed by atoms with Gasteiger partial charge in [-0.05, 0) is 107 Å². The summed E-state index contributed by atoms with van der Waals surface area (Å²) in [7, 11) is 6.83. The van der Waals surface area contributed by atoms with E-state index in [-0.39, 0.29) is 11.9 Å². The number of benzene rings is 2. The zero-order chi connectivity index (χ0) is 40.8. The van der Waals surface area contributed by atoms with Gasteiger partial charge in [0, 0.05) is 128 Å². The van der Waals surface area contributed by atoms with Gasteiger partial charge in [0.25, 0.3) is 0 Å². The van der Waals surface area contributed by atoms with E-state index in [1.54, 1.807) is 39.0 Å². The van der Waals surface area contributed by atoms with E-state index in [0.717, 1.165) is 45.7 Å². The van der Waals surface area contributed by atoms with Crippen molar-refractivity contribution in [3.8, 4) is 11.5 Å². The molecule has 8 nitrogen and oxygen atoms in total. The molecule has 2 aromatic rings. The lowest BCUT2D eigenvalue weighted by molar-refractivity contribution is -0.140. The summed E-state index contributed by atoms with van der Waals surface area (Å²) >= 11 is 24.7. The van der Waals surface area contributed by atoms with Crippen LogP contribution in [0.4, 0.5) is 0 Å². The Bertz CT molecular complexity index is 1850. The lowest BCUT2D eigenvalue weighted by Crippen LogP contribution is -2.10. The van der Waals surface area contributed by atoms with Gasteiger partial charge in [0.05, 0.1) is 32.0 Å². The normalized spacial score (nSPS) is 13.3. The van der Waals surface area contributed by atoms with Crippen LogP contribution < -0.4 is 9.47 Å². The third kappa shape index (κ3) is 31.2. The van der Waals surface area contributed by atoms with E-state index < -0.39 is 13.3 Å². The Morgan fingerprint density at radius 3 is 1.63 bits per heavy atom. The van der Waals surface area contributed by atoms with Crippen LogP contribution in [0, 0.1) is 11.8 Å². The summed E-state index contributed by atoms with van der Waals surface area (Å²) in [5, 5.41) is 0. The Hall–Kier alpha value is 0.160. The molecule has 2 saturated carbocycles. The molecule has 4 rings (SSSR count). The standard InChI is InChI=1S/C14H15BrO2.C11H11BrO2.C7H15O4P.S6.S5/c1-10(16)2-5-12-8-13(15)6-7-14(12)17-9-11-3-4-11;12-10-3-4-11(9(5-10)6-13)14-7-8-1-2-8;1-4-10-7(8)6-12(3,9)11-5-2;1-3-5-6-4-2;1-3-5-4-2/h2,5-8,11H,3-4,9H2,1H3;3-6,8H,1-2,7H2;4-6H2,1-3H3;;/b5-2+;;;;. The number of esters is 1. The smallest absolute Gasteiger partial charge is 0.315 e. The van der Waals surface area contributed by atoms with Gasteiger partial charge < -0.3 is 18.7 Å². The van der Waals surface area contributed by atoms with Crippen LogP contribution in [0.3, 0.4) is 0 Å². The minimum absolute atomic E-state index is 0.0399. The Morgan fingerprint density at radius 2 is 1.26 bits per heavy atom. The van der Waals surface area contributed by atoms with E-state index in [4.69, 9.17) is 14.0 Å². The van der Waals surface area contributed by atoms with Crippen molar-refractivity contribution in [3.63, 3.8) is 0 Å². The fourth-order valence-electron chi connectivity index (χ4n) is 3.51. The average molecular weight is 1100 g/mol. The van der Waals surface area contributed by atoms with Crippen molar-refractivity contribution in [2.24, 2.45) is 11.8 Å². The minimum Gasteiger partial charge on any atom is -0.493 e. The van der Waals surface area contributed by atoms with E-state index in [1.807, 2.05) is 30.3 Å². The molecule has 54 heavy (non-hydrogen) atoms.